The first-order chi connectivity index (χ1) is 11.4. The summed E-state index contributed by atoms with van der Waals surface area (Å²) in [4.78, 5) is 34.7. The Balaban J connectivity index is 2.17. The zero-order valence-corrected chi connectivity index (χ0v) is 14.5. The van der Waals surface area contributed by atoms with Gasteiger partial charge in [-0.15, -0.1) is 0 Å². The molecule has 0 aromatic heterocycles. The van der Waals surface area contributed by atoms with E-state index in [1.165, 1.54) is 0 Å². The predicted molar refractivity (Wildman–Crippen MR) is 94.4 cm³/mol. The lowest BCUT2D eigenvalue weighted by molar-refractivity contribution is -0.126. The number of thiocarbonyl (C=S) groups is 1. The van der Waals surface area contributed by atoms with Crippen molar-refractivity contribution in [2.75, 3.05) is 0 Å². The molecule has 1 aromatic rings. The van der Waals surface area contributed by atoms with E-state index in [1.54, 1.807) is 13.8 Å². The molecular weight excluding hydrogens is 328 g/mol. The average molecular weight is 350 g/mol. The maximum absolute atomic E-state index is 11.7. The summed E-state index contributed by atoms with van der Waals surface area (Å²) < 4.78 is 0. The maximum Gasteiger partial charge on any atom is 0.238 e. The van der Waals surface area contributed by atoms with Crippen molar-refractivity contribution in [3.8, 4) is 0 Å². The lowest BCUT2D eigenvalue weighted by Crippen LogP contribution is -2.49. The van der Waals surface area contributed by atoms with Gasteiger partial charge < -0.3 is 10.6 Å². The van der Waals surface area contributed by atoms with Gasteiger partial charge in [-0.1, -0.05) is 44.2 Å². The Hall–Kier alpha value is -2.48. The Morgan fingerprint density at radius 1 is 1.00 bits per heavy atom. The van der Waals surface area contributed by atoms with Crippen LogP contribution in [0.1, 0.15) is 32.3 Å². The quantitative estimate of drug-likeness (QED) is 0.448. The van der Waals surface area contributed by atoms with Gasteiger partial charge in [-0.25, -0.2) is 0 Å². The smallest absolute Gasteiger partial charge is 0.238 e. The number of hydrazine groups is 1. The first-order valence-corrected chi connectivity index (χ1v) is 7.99. The van der Waals surface area contributed by atoms with Crippen LogP contribution in [0.2, 0.25) is 0 Å². The van der Waals surface area contributed by atoms with Crippen molar-refractivity contribution in [2.24, 2.45) is 5.92 Å². The summed E-state index contributed by atoms with van der Waals surface area (Å²) in [7, 11) is 0. The summed E-state index contributed by atoms with van der Waals surface area (Å²) in [5.41, 5.74) is 5.74. The highest BCUT2D eigenvalue weighted by Gasteiger charge is 2.10. The van der Waals surface area contributed by atoms with Crippen molar-refractivity contribution in [1.82, 2.24) is 21.5 Å². The fraction of sp³-hybridized carbons (Fsp3) is 0.375. The molecule has 0 heterocycles. The summed E-state index contributed by atoms with van der Waals surface area (Å²) in [6.07, 6.45) is 0.0693. The largest absolute Gasteiger partial charge is 0.352 e. The second kappa shape index (κ2) is 10.3. The second-order valence-electron chi connectivity index (χ2n) is 5.41. The van der Waals surface area contributed by atoms with E-state index >= 15 is 0 Å². The number of hydrogen-bond acceptors (Lipinski definition) is 4. The minimum Gasteiger partial charge on any atom is -0.352 e. The van der Waals surface area contributed by atoms with Gasteiger partial charge in [-0.2, -0.15) is 0 Å². The molecule has 3 amide bonds. The van der Waals surface area contributed by atoms with E-state index in [9.17, 15) is 14.4 Å². The van der Waals surface area contributed by atoms with Crippen molar-refractivity contribution < 1.29 is 14.4 Å². The van der Waals surface area contributed by atoms with E-state index in [2.05, 4.69) is 21.5 Å². The minimum absolute atomic E-state index is 0.00830. The van der Waals surface area contributed by atoms with Crippen LogP contribution in [0.5, 0.6) is 0 Å². The van der Waals surface area contributed by atoms with Crippen LogP contribution in [-0.2, 0) is 20.9 Å². The SMILES string of the molecule is CC(C)C(=O)NC(=S)NNC(=O)CCC(=O)NCc1ccccc1. The molecule has 1 rings (SSSR count). The summed E-state index contributed by atoms with van der Waals surface area (Å²) in [5, 5.41) is 5.17. The van der Waals surface area contributed by atoms with E-state index in [-0.39, 0.29) is 35.7 Å². The number of carbonyl (C=O) groups excluding carboxylic acids is 3. The lowest BCUT2D eigenvalue weighted by atomic mass is 10.2. The molecule has 0 fully saturated rings. The Kier molecular flexibility index (Phi) is 8.42. The fourth-order valence-corrected chi connectivity index (χ4v) is 1.74. The second-order valence-corrected chi connectivity index (χ2v) is 5.82. The maximum atomic E-state index is 11.7. The van der Waals surface area contributed by atoms with Crippen LogP contribution in [-0.4, -0.2) is 22.8 Å². The van der Waals surface area contributed by atoms with Crippen molar-refractivity contribution >= 4 is 35.1 Å². The Morgan fingerprint density at radius 3 is 2.25 bits per heavy atom. The van der Waals surface area contributed by atoms with E-state index < -0.39 is 5.91 Å². The van der Waals surface area contributed by atoms with Crippen LogP contribution in [0.4, 0.5) is 0 Å². The molecular formula is C16H22N4O3S. The number of carbonyl (C=O) groups is 3. The van der Waals surface area contributed by atoms with E-state index in [0.29, 0.717) is 6.54 Å². The highest BCUT2D eigenvalue weighted by molar-refractivity contribution is 7.80. The van der Waals surface area contributed by atoms with Crippen LogP contribution in [0, 0.1) is 5.92 Å². The standard InChI is InChI=1S/C16H22N4O3S/c1-11(2)15(23)18-16(24)20-19-14(22)9-8-13(21)17-10-12-6-4-3-5-7-12/h3-7,11H,8-10H2,1-2H3,(H,17,21)(H,19,22)(H2,18,20,23,24). The van der Waals surface area contributed by atoms with Crippen LogP contribution < -0.4 is 21.5 Å². The number of rotatable bonds is 6. The molecule has 7 nitrogen and oxygen atoms in total. The lowest BCUT2D eigenvalue weighted by Gasteiger charge is -2.12. The van der Waals surface area contributed by atoms with Gasteiger partial charge in [0.25, 0.3) is 0 Å². The predicted octanol–water partition coefficient (Wildman–Crippen LogP) is 0.761. The monoisotopic (exact) mass is 350 g/mol. The number of hydrogen-bond donors (Lipinski definition) is 4. The first kappa shape index (κ1) is 19.6. The van der Waals surface area contributed by atoms with Crippen molar-refractivity contribution in [3.05, 3.63) is 35.9 Å². The summed E-state index contributed by atoms with van der Waals surface area (Å²) >= 11 is 4.86. The van der Waals surface area contributed by atoms with Gasteiger partial charge in [0.1, 0.15) is 0 Å². The molecule has 0 aliphatic rings. The van der Waals surface area contributed by atoms with Gasteiger partial charge in [-0.05, 0) is 17.8 Å². The molecule has 0 atom stereocenters. The molecule has 0 radical (unpaired) electrons. The van der Waals surface area contributed by atoms with Crippen molar-refractivity contribution in [3.63, 3.8) is 0 Å². The number of benzene rings is 1. The first-order valence-electron chi connectivity index (χ1n) is 7.58. The molecule has 0 aliphatic carbocycles. The zero-order valence-electron chi connectivity index (χ0n) is 13.7. The molecule has 24 heavy (non-hydrogen) atoms. The van der Waals surface area contributed by atoms with Gasteiger partial charge >= 0.3 is 0 Å². The summed E-state index contributed by atoms with van der Waals surface area (Å²) in [6, 6.07) is 9.49. The molecule has 0 saturated carbocycles. The topological polar surface area (TPSA) is 99.3 Å². The highest BCUT2D eigenvalue weighted by Crippen LogP contribution is 1.98. The van der Waals surface area contributed by atoms with E-state index in [4.69, 9.17) is 12.2 Å². The molecule has 0 saturated heterocycles. The summed E-state index contributed by atoms with van der Waals surface area (Å²) in [6.45, 7) is 3.88. The van der Waals surface area contributed by atoms with Crippen LogP contribution in [0.25, 0.3) is 0 Å². The molecule has 0 spiro atoms. The summed E-state index contributed by atoms with van der Waals surface area (Å²) in [5.74, 6) is -1.08. The van der Waals surface area contributed by atoms with Gasteiger partial charge in [0.15, 0.2) is 5.11 Å². The molecule has 0 aliphatic heterocycles. The average Bonchev–Trinajstić information content (AvgIpc) is 2.57. The molecule has 1 aromatic carbocycles. The number of nitrogens with one attached hydrogen (secondary N) is 4. The van der Waals surface area contributed by atoms with Crippen molar-refractivity contribution in [1.29, 1.82) is 0 Å². The van der Waals surface area contributed by atoms with Crippen LogP contribution in [0.15, 0.2) is 30.3 Å². The van der Waals surface area contributed by atoms with E-state index in [0.717, 1.165) is 5.56 Å². The van der Waals surface area contributed by atoms with Gasteiger partial charge in [0.05, 0.1) is 0 Å². The third-order valence-corrected chi connectivity index (χ3v) is 3.19. The third-order valence-electron chi connectivity index (χ3n) is 2.99. The number of amides is 3. The molecule has 0 unspecified atom stereocenters. The third kappa shape index (κ3) is 8.23. The Labute approximate surface area is 146 Å². The van der Waals surface area contributed by atoms with Crippen LogP contribution >= 0.6 is 12.2 Å². The van der Waals surface area contributed by atoms with Gasteiger partial charge in [0, 0.05) is 25.3 Å². The van der Waals surface area contributed by atoms with Gasteiger partial charge in [0.2, 0.25) is 17.7 Å². The minimum atomic E-state index is -0.397. The molecule has 130 valence electrons. The zero-order chi connectivity index (χ0) is 17.9. The Bertz CT molecular complexity index is 590. The molecule has 0 bridgehead atoms. The van der Waals surface area contributed by atoms with E-state index in [1.807, 2.05) is 30.3 Å². The molecule has 8 heteroatoms. The van der Waals surface area contributed by atoms with Crippen molar-refractivity contribution in [2.45, 2.75) is 33.2 Å². The van der Waals surface area contributed by atoms with Crippen LogP contribution in [0.3, 0.4) is 0 Å². The highest BCUT2D eigenvalue weighted by atomic mass is 32.1. The fourth-order valence-electron chi connectivity index (χ4n) is 1.59. The normalized spacial score (nSPS) is 9.96. The Morgan fingerprint density at radius 2 is 1.62 bits per heavy atom. The van der Waals surface area contributed by atoms with Gasteiger partial charge in [-0.3, -0.25) is 25.2 Å². The molecule has 4 N–H and O–H groups in total.